The molecule has 206 valence electrons. The van der Waals surface area contributed by atoms with Gasteiger partial charge in [-0.25, -0.2) is 0 Å². The zero-order valence-electron chi connectivity index (χ0n) is 24.3. The fraction of sp³-hybridized carbons (Fsp3) is 0.970. The first-order valence-corrected chi connectivity index (χ1v) is 16.3. The number of Topliss-reactive ketones (excluding diaryl/α,β-unsaturated/α-hetero) is 1. The van der Waals surface area contributed by atoms with E-state index in [4.69, 9.17) is 0 Å². The molecule has 1 aliphatic heterocycles. The van der Waals surface area contributed by atoms with Gasteiger partial charge in [0, 0.05) is 32.0 Å². The van der Waals surface area contributed by atoms with Crippen LogP contribution in [0.1, 0.15) is 124 Å². The Labute approximate surface area is 223 Å². The maximum Gasteiger partial charge on any atom is 0.132 e. The standard InChI is InChI=1S/C33H58N2O/c1-5-27(36)11-9-24(2)29-13-14-30-28-12-10-25-23-26(34-19-22-35-20-7-6-8-21-35)15-17-32(25,3)31(28)16-18-33(29,30)4/h24-26,28-31,34H,5-23H2,1-4H3/t24-,25+,26+,28?,29-,30?,31?,32+,33-/m1/s1. The molecule has 5 fully saturated rings. The lowest BCUT2D eigenvalue weighted by atomic mass is 9.44. The highest BCUT2D eigenvalue weighted by atomic mass is 16.1. The van der Waals surface area contributed by atoms with E-state index in [0.29, 0.717) is 22.5 Å². The van der Waals surface area contributed by atoms with Gasteiger partial charge in [-0.1, -0.05) is 34.1 Å². The predicted octanol–water partition coefficient (Wildman–Crippen LogP) is 7.48. The Morgan fingerprint density at radius 2 is 1.69 bits per heavy atom. The van der Waals surface area contributed by atoms with Crippen molar-refractivity contribution in [1.82, 2.24) is 10.2 Å². The third-order valence-electron chi connectivity index (χ3n) is 13.0. The molecule has 0 aromatic carbocycles. The van der Waals surface area contributed by atoms with Gasteiger partial charge in [-0.2, -0.15) is 0 Å². The van der Waals surface area contributed by atoms with Crippen LogP contribution in [-0.2, 0) is 4.79 Å². The number of rotatable bonds is 9. The fourth-order valence-corrected chi connectivity index (χ4v) is 10.8. The molecule has 36 heavy (non-hydrogen) atoms. The van der Waals surface area contributed by atoms with Crippen molar-refractivity contribution < 1.29 is 4.79 Å². The van der Waals surface area contributed by atoms with Crippen molar-refractivity contribution in [2.75, 3.05) is 26.2 Å². The third kappa shape index (κ3) is 5.23. The minimum absolute atomic E-state index is 0.466. The van der Waals surface area contributed by atoms with E-state index >= 15 is 0 Å². The summed E-state index contributed by atoms with van der Waals surface area (Å²) in [7, 11) is 0. The number of hydrogen-bond donors (Lipinski definition) is 1. The molecular weight excluding hydrogens is 440 g/mol. The molecule has 5 aliphatic rings. The minimum atomic E-state index is 0.466. The molecule has 3 nitrogen and oxygen atoms in total. The van der Waals surface area contributed by atoms with Gasteiger partial charge in [0.2, 0.25) is 0 Å². The Kier molecular flexibility index (Phi) is 8.58. The van der Waals surface area contributed by atoms with Crippen LogP contribution in [0.4, 0.5) is 0 Å². The fourth-order valence-electron chi connectivity index (χ4n) is 10.8. The topological polar surface area (TPSA) is 32.3 Å². The van der Waals surface area contributed by atoms with Crippen LogP contribution in [-0.4, -0.2) is 42.9 Å². The molecule has 0 aromatic heterocycles. The van der Waals surface area contributed by atoms with E-state index in [1.165, 1.54) is 103 Å². The van der Waals surface area contributed by atoms with E-state index in [1.54, 1.807) is 0 Å². The van der Waals surface area contributed by atoms with E-state index in [-0.39, 0.29) is 0 Å². The summed E-state index contributed by atoms with van der Waals surface area (Å²) in [5, 5.41) is 4.01. The first-order valence-electron chi connectivity index (χ1n) is 16.3. The second-order valence-corrected chi connectivity index (χ2v) is 14.6. The number of piperidine rings is 1. The van der Waals surface area contributed by atoms with Crippen molar-refractivity contribution in [3.63, 3.8) is 0 Å². The van der Waals surface area contributed by atoms with Gasteiger partial charge in [-0.3, -0.25) is 4.79 Å². The maximum absolute atomic E-state index is 12.0. The number of ketones is 1. The Morgan fingerprint density at radius 3 is 2.47 bits per heavy atom. The number of nitrogens with zero attached hydrogens (tertiary/aromatic N) is 1. The lowest BCUT2D eigenvalue weighted by Gasteiger charge is -2.61. The van der Waals surface area contributed by atoms with Crippen LogP contribution in [0.3, 0.4) is 0 Å². The van der Waals surface area contributed by atoms with E-state index < -0.39 is 0 Å². The summed E-state index contributed by atoms with van der Waals surface area (Å²) in [4.78, 5) is 14.7. The van der Waals surface area contributed by atoms with Crippen molar-refractivity contribution in [2.45, 2.75) is 130 Å². The number of nitrogens with one attached hydrogen (secondary N) is 1. The summed E-state index contributed by atoms with van der Waals surface area (Å²) in [6.45, 7) is 15.0. The third-order valence-corrected chi connectivity index (χ3v) is 13.0. The van der Waals surface area contributed by atoms with Gasteiger partial charge in [0.05, 0.1) is 0 Å². The number of carbonyl (C=O) groups is 1. The average molecular weight is 499 g/mol. The van der Waals surface area contributed by atoms with Crippen molar-refractivity contribution in [3.8, 4) is 0 Å². The summed E-state index contributed by atoms with van der Waals surface area (Å²) in [5.41, 5.74) is 1.12. The number of carbonyl (C=O) groups excluding carboxylic acids is 1. The molecule has 1 N–H and O–H groups in total. The quantitative estimate of drug-likeness (QED) is 0.357. The van der Waals surface area contributed by atoms with Crippen LogP contribution in [0, 0.1) is 46.3 Å². The second kappa shape index (κ2) is 11.4. The first kappa shape index (κ1) is 27.2. The highest BCUT2D eigenvalue weighted by Gasteiger charge is 2.60. The average Bonchev–Trinajstić information content (AvgIpc) is 3.25. The molecule has 3 heteroatoms. The molecule has 0 bridgehead atoms. The van der Waals surface area contributed by atoms with Gasteiger partial charge in [-0.05, 0) is 136 Å². The van der Waals surface area contributed by atoms with Gasteiger partial charge in [-0.15, -0.1) is 0 Å². The SMILES string of the molecule is CCC(=O)CC[C@@H](C)[C@H]1CCC2C3CC[C@H]4C[C@@H](NCCN5CCCCC5)CC[C@]4(C)C3CC[C@@]21C. The van der Waals surface area contributed by atoms with E-state index in [0.717, 1.165) is 54.9 Å². The molecule has 4 aliphatic carbocycles. The largest absolute Gasteiger partial charge is 0.313 e. The van der Waals surface area contributed by atoms with Gasteiger partial charge in [0.1, 0.15) is 5.78 Å². The molecule has 0 spiro atoms. The van der Waals surface area contributed by atoms with Crippen molar-refractivity contribution in [1.29, 1.82) is 0 Å². The summed E-state index contributed by atoms with van der Waals surface area (Å²) in [6.07, 6.45) is 20.0. The van der Waals surface area contributed by atoms with Gasteiger partial charge in [0.15, 0.2) is 0 Å². The molecular formula is C33H58N2O. The number of hydrogen-bond acceptors (Lipinski definition) is 3. The van der Waals surface area contributed by atoms with E-state index in [1.807, 2.05) is 6.92 Å². The van der Waals surface area contributed by atoms with Gasteiger partial charge in [0.25, 0.3) is 0 Å². The van der Waals surface area contributed by atoms with Crippen LogP contribution in [0.5, 0.6) is 0 Å². The van der Waals surface area contributed by atoms with Gasteiger partial charge >= 0.3 is 0 Å². The Hall–Kier alpha value is -0.410. The summed E-state index contributed by atoms with van der Waals surface area (Å²) >= 11 is 0. The highest BCUT2D eigenvalue weighted by molar-refractivity contribution is 5.77. The summed E-state index contributed by atoms with van der Waals surface area (Å²) in [5.74, 6) is 5.86. The first-order chi connectivity index (χ1) is 17.3. The number of likely N-dealkylation sites (tertiary alicyclic amines) is 1. The Balaban J connectivity index is 1.16. The zero-order valence-corrected chi connectivity index (χ0v) is 24.3. The lowest BCUT2D eigenvalue weighted by Crippen LogP contribution is -2.55. The van der Waals surface area contributed by atoms with Crippen LogP contribution in [0.15, 0.2) is 0 Å². The molecule has 4 saturated carbocycles. The van der Waals surface area contributed by atoms with E-state index in [2.05, 4.69) is 31.0 Å². The molecule has 9 atom stereocenters. The molecule has 3 unspecified atom stereocenters. The molecule has 0 aromatic rings. The van der Waals surface area contributed by atoms with Crippen molar-refractivity contribution in [2.24, 2.45) is 46.3 Å². The van der Waals surface area contributed by atoms with Crippen molar-refractivity contribution in [3.05, 3.63) is 0 Å². The van der Waals surface area contributed by atoms with E-state index in [9.17, 15) is 4.79 Å². The smallest absolute Gasteiger partial charge is 0.132 e. The Bertz CT molecular complexity index is 746. The second-order valence-electron chi connectivity index (χ2n) is 14.6. The Morgan fingerprint density at radius 1 is 0.944 bits per heavy atom. The number of fused-ring (bicyclic) bond motifs is 5. The molecule has 0 radical (unpaired) electrons. The monoisotopic (exact) mass is 498 g/mol. The minimum Gasteiger partial charge on any atom is -0.313 e. The van der Waals surface area contributed by atoms with Crippen LogP contribution in [0.2, 0.25) is 0 Å². The normalized spacial score (nSPS) is 43.9. The molecule has 1 heterocycles. The van der Waals surface area contributed by atoms with Crippen molar-refractivity contribution >= 4 is 5.78 Å². The lowest BCUT2D eigenvalue weighted by molar-refractivity contribution is -0.121. The highest BCUT2D eigenvalue weighted by Crippen LogP contribution is 2.68. The maximum atomic E-state index is 12.0. The molecule has 5 rings (SSSR count). The molecule has 1 saturated heterocycles. The van der Waals surface area contributed by atoms with Crippen LogP contribution in [0.25, 0.3) is 0 Å². The van der Waals surface area contributed by atoms with Gasteiger partial charge < -0.3 is 10.2 Å². The molecule has 0 amide bonds. The zero-order chi connectivity index (χ0) is 25.3. The summed E-state index contributed by atoms with van der Waals surface area (Å²) < 4.78 is 0. The predicted molar refractivity (Wildman–Crippen MR) is 151 cm³/mol. The van der Waals surface area contributed by atoms with Crippen LogP contribution < -0.4 is 5.32 Å². The summed E-state index contributed by atoms with van der Waals surface area (Å²) in [6, 6.07) is 0.765. The van der Waals surface area contributed by atoms with Crippen LogP contribution >= 0.6 is 0 Å².